The number of amides is 2. The lowest BCUT2D eigenvalue weighted by Crippen LogP contribution is -2.63. The molecule has 3 aliphatic rings. The van der Waals surface area contributed by atoms with Crippen molar-refractivity contribution in [3.8, 4) is 0 Å². The average Bonchev–Trinajstić information content (AvgIpc) is 2.85. The minimum Gasteiger partial charge on any atom is -0.350 e. The summed E-state index contributed by atoms with van der Waals surface area (Å²) in [7, 11) is -0.486. The lowest BCUT2D eigenvalue weighted by molar-refractivity contribution is -0.146. The van der Waals surface area contributed by atoms with Gasteiger partial charge in [-0.15, -0.1) is 0 Å². The molecule has 0 spiro atoms. The Labute approximate surface area is 203 Å². The number of aliphatic imine (C=N–C) groups is 1. The van der Waals surface area contributed by atoms with E-state index < -0.39 is 45.7 Å². The van der Waals surface area contributed by atoms with Gasteiger partial charge in [0.05, 0.1) is 6.04 Å². The molecular formula is C22H29FN6O5S. The third-order valence-corrected chi connectivity index (χ3v) is 8.62. The van der Waals surface area contributed by atoms with Crippen molar-refractivity contribution in [1.82, 2.24) is 23.7 Å². The first-order valence-corrected chi connectivity index (χ1v) is 12.9. The van der Waals surface area contributed by atoms with Crippen molar-refractivity contribution in [2.45, 2.75) is 31.5 Å². The molecule has 4 rings (SSSR count). The second-order valence-corrected chi connectivity index (χ2v) is 10.9. The van der Waals surface area contributed by atoms with Crippen molar-refractivity contribution in [3.63, 3.8) is 0 Å². The maximum Gasteiger partial charge on any atom is 0.298 e. The number of rotatable bonds is 6. The molecule has 2 fully saturated rings. The van der Waals surface area contributed by atoms with Gasteiger partial charge in [0.1, 0.15) is 11.7 Å². The number of piperidine rings is 1. The summed E-state index contributed by atoms with van der Waals surface area (Å²) in [4.78, 5) is 45.8. The number of likely N-dealkylation sites (N-methyl/N-ethyl adjacent to an activating group) is 2. The first kappa shape index (κ1) is 25.4. The maximum atomic E-state index is 13.3. The SMILES string of the molecule is CN1CCN(S(=O)(=O)N(C)[C@@H]2CCCN3C(=O)C(=O)C(C(=O)NCc4ccc(F)cc4)N=C23)CC1. The third-order valence-electron chi connectivity index (χ3n) is 6.62. The largest absolute Gasteiger partial charge is 0.350 e. The molecule has 11 nitrogen and oxygen atoms in total. The van der Waals surface area contributed by atoms with Crippen LogP contribution in [0.3, 0.4) is 0 Å². The van der Waals surface area contributed by atoms with E-state index in [0.717, 1.165) is 0 Å². The fourth-order valence-corrected chi connectivity index (χ4v) is 5.95. The van der Waals surface area contributed by atoms with Crippen molar-refractivity contribution < 1.29 is 27.2 Å². The van der Waals surface area contributed by atoms with Gasteiger partial charge in [0.2, 0.25) is 0 Å². The van der Waals surface area contributed by atoms with Crippen LogP contribution >= 0.6 is 0 Å². The van der Waals surface area contributed by atoms with E-state index in [0.29, 0.717) is 44.6 Å². The number of Topliss-reactive ketones (excluding diaryl/α,β-unsaturated/α-hetero) is 1. The van der Waals surface area contributed by atoms with Gasteiger partial charge in [-0.1, -0.05) is 12.1 Å². The molecule has 2 saturated heterocycles. The van der Waals surface area contributed by atoms with E-state index in [4.69, 9.17) is 0 Å². The van der Waals surface area contributed by atoms with E-state index in [1.807, 2.05) is 11.9 Å². The molecular weight excluding hydrogens is 479 g/mol. The van der Waals surface area contributed by atoms with Gasteiger partial charge >= 0.3 is 0 Å². The smallest absolute Gasteiger partial charge is 0.298 e. The van der Waals surface area contributed by atoms with Crippen LogP contribution in [0.15, 0.2) is 29.3 Å². The van der Waals surface area contributed by atoms with Crippen molar-refractivity contribution in [2.24, 2.45) is 4.99 Å². The van der Waals surface area contributed by atoms with Gasteiger partial charge in [-0.3, -0.25) is 19.3 Å². The van der Waals surface area contributed by atoms with Crippen molar-refractivity contribution >= 4 is 33.6 Å². The van der Waals surface area contributed by atoms with Crippen LogP contribution < -0.4 is 5.32 Å². The van der Waals surface area contributed by atoms with Gasteiger partial charge in [-0.05, 0) is 37.6 Å². The molecule has 0 saturated carbocycles. The van der Waals surface area contributed by atoms with E-state index in [2.05, 4.69) is 10.3 Å². The molecule has 13 heteroatoms. The average molecular weight is 509 g/mol. The summed E-state index contributed by atoms with van der Waals surface area (Å²) in [6.07, 6.45) is 0.900. The molecule has 0 radical (unpaired) electrons. The first-order chi connectivity index (χ1) is 16.6. The molecule has 2 atom stereocenters. The lowest BCUT2D eigenvalue weighted by atomic mass is 9.99. The zero-order valence-electron chi connectivity index (χ0n) is 19.7. The number of benzene rings is 1. The number of carbonyl (C=O) groups excluding carboxylic acids is 3. The minimum atomic E-state index is -3.85. The number of piperazine rings is 1. The van der Waals surface area contributed by atoms with Gasteiger partial charge in [0, 0.05) is 46.3 Å². The number of nitrogens with one attached hydrogen (secondary N) is 1. The van der Waals surface area contributed by atoms with Crippen molar-refractivity contribution in [1.29, 1.82) is 0 Å². The number of hydrogen-bond acceptors (Lipinski definition) is 7. The van der Waals surface area contributed by atoms with Gasteiger partial charge < -0.3 is 10.2 Å². The molecule has 0 aliphatic carbocycles. The number of carbonyl (C=O) groups is 3. The minimum absolute atomic E-state index is 0.0206. The molecule has 1 unspecified atom stereocenters. The highest BCUT2D eigenvalue weighted by Crippen LogP contribution is 2.26. The standard InChI is InChI=1S/C22H29FN6O5S/c1-26-10-12-28(13-11-26)35(33,34)27(2)17-4-3-9-29-20(17)25-18(19(30)22(29)32)21(31)24-14-15-5-7-16(23)8-6-15/h5-8,17-18H,3-4,9-14H2,1-2H3,(H,24,31)/t17-,18?/m1/s1. The van der Waals surface area contributed by atoms with Crippen LogP contribution in [-0.2, 0) is 31.1 Å². The molecule has 35 heavy (non-hydrogen) atoms. The molecule has 0 aromatic heterocycles. The Morgan fingerprint density at radius 3 is 2.46 bits per heavy atom. The van der Waals surface area contributed by atoms with Crippen molar-refractivity contribution in [3.05, 3.63) is 35.6 Å². The van der Waals surface area contributed by atoms with Crippen LogP contribution in [0, 0.1) is 5.82 Å². The zero-order valence-corrected chi connectivity index (χ0v) is 20.5. The molecule has 1 aromatic rings. The second kappa shape index (κ2) is 10.1. The highest BCUT2D eigenvalue weighted by atomic mass is 32.2. The van der Waals surface area contributed by atoms with Crippen LogP contribution in [0.5, 0.6) is 0 Å². The fourth-order valence-electron chi connectivity index (χ4n) is 4.44. The Morgan fingerprint density at radius 1 is 1.14 bits per heavy atom. The van der Waals surface area contributed by atoms with Crippen molar-refractivity contribution in [2.75, 3.05) is 46.8 Å². The van der Waals surface area contributed by atoms with Gasteiger partial charge in [0.15, 0.2) is 6.04 Å². The number of halogens is 1. The van der Waals surface area contributed by atoms with Crippen LogP contribution in [0.4, 0.5) is 4.39 Å². The normalized spacial score (nSPS) is 24.3. The van der Waals surface area contributed by atoms with Crippen LogP contribution in [0.1, 0.15) is 18.4 Å². The predicted octanol–water partition coefficient (Wildman–Crippen LogP) is -0.793. The Kier molecular flexibility index (Phi) is 7.31. The molecule has 1 aromatic carbocycles. The van der Waals surface area contributed by atoms with Crippen LogP contribution in [0.2, 0.25) is 0 Å². The predicted molar refractivity (Wildman–Crippen MR) is 125 cm³/mol. The summed E-state index contributed by atoms with van der Waals surface area (Å²) in [6.45, 7) is 2.15. The van der Waals surface area contributed by atoms with Gasteiger partial charge in [-0.25, -0.2) is 9.38 Å². The fraction of sp³-hybridized carbons (Fsp3) is 0.545. The van der Waals surface area contributed by atoms with Gasteiger partial charge in [-0.2, -0.15) is 17.0 Å². The van der Waals surface area contributed by atoms with E-state index in [9.17, 15) is 27.2 Å². The zero-order chi connectivity index (χ0) is 25.3. The summed E-state index contributed by atoms with van der Waals surface area (Å²) < 4.78 is 42.3. The van der Waals surface area contributed by atoms with E-state index in [-0.39, 0.29) is 18.9 Å². The summed E-state index contributed by atoms with van der Waals surface area (Å²) in [5, 5.41) is 2.56. The summed E-state index contributed by atoms with van der Waals surface area (Å²) in [5.41, 5.74) is 0.608. The third kappa shape index (κ3) is 5.13. The first-order valence-electron chi connectivity index (χ1n) is 11.5. The number of ketones is 1. The van der Waals surface area contributed by atoms with Gasteiger partial charge in [0.25, 0.3) is 27.8 Å². The summed E-state index contributed by atoms with van der Waals surface area (Å²) in [5.74, 6) is -2.90. The van der Waals surface area contributed by atoms with E-state index >= 15 is 0 Å². The number of nitrogens with zero attached hydrogens (tertiary/aromatic N) is 5. The lowest BCUT2D eigenvalue weighted by Gasteiger charge is -2.42. The quantitative estimate of drug-likeness (QED) is 0.397. The topological polar surface area (TPSA) is 123 Å². The Balaban J connectivity index is 1.55. The number of fused-ring (bicyclic) bond motifs is 1. The second-order valence-electron chi connectivity index (χ2n) is 8.94. The van der Waals surface area contributed by atoms with Crippen LogP contribution in [-0.4, -0.2) is 109 Å². The van der Waals surface area contributed by atoms with Crippen LogP contribution in [0.25, 0.3) is 0 Å². The Bertz CT molecular complexity index is 1130. The number of hydrogen-bond donors (Lipinski definition) is 1. The molecule has 1 N–H and O–H groups in total. The molecule has 3 heterocycles. The molecule has 2 amide bonds. The highest BCUT2D eigenvalue weighted by molar-refractivity contribution is 7.86. The van der Waals surface area contributed by atoms with E-state index in [1.54, 1.807) is 0 Å². The monoisotopic (exact) mass is 508 g/mol. The molecule has 0 bridgehead atoms. The Morgan fingerprint density at radius 2 is 1.80 bits per heavy atom. The van der Waals surface area contributed by atoms with E-state index in [1.165, 1.54) is 44.8 Å². The number of amidine groups is 1. The highest BCUT2D eigenvalue weighted by Gasteiger charge is 2.47. The maximum absolute atomic E-state index is 13.3. The summed E-state index contributed by atoms with van der Waals surface area (Å²) in [6, 6.07) is 3.10. The Hall–Kier alpha value is -2.74. The molecule has 190 valence electrons. The summed E-state index contributed by atoms with van der Waals surface area (Å²) >= 11 is 0. The molecule has 3 aliphatic heterocycles.